The number of hydrogen-bond acceptors (Lipinski definition) is 3. The van der Waals surface area contributed by atoms with Crippen molar-refractivity contribution in [2.24, 2.45) is 11.1 Å². The standard InChI is InChI=1S/C16H28N4/c1-2-20-13-14(12-18-20)15(11-17)19-9-7-16(8-10-19)5-3-4-6-16/h12-13,15H,2-11,17H2,1H3. The first-order valence-electron chi connectivity index (χ1n) is 8.23. The van der Waals surface area contributed by atoms with Crippen LogP contribution >= 0.6 is 0 Å². The van der Waals surface area contributed by atoms with Crippen LogP contribution < -0.4 is 5.73 Å². The molecule has 1 saturated heterocycles. The summed E-state index contributed by atoms with van der Waals surface area (Å²) >= 11 is 0. The van der Waals surface area contributed by atoms with Crippen LogP contribution in [0.1, 0.15) is 57.1 Å². The molecule has 2 heterocycles. The first-order chi connectivity index (χ1) is 9.76. The molecule has 4 nitrogen and oxygen atoms in total. The summed E-state index contributed by atoms with van der Waals surface area (Å²) in [4.78, 5) is 2.58. The Morgan fingerprint density at radius 3 is 2.50 bits per heavy atom. The van der Waals surface area contributed by atoms with Crippen LogP contribution in [-0.2, 0) is 6.54 Å². The highest BCUT2D eigenvalue weighted by atomic mass is 15.3. The molecule has 1 aromatic rings. The van der Waals surface area contributed by atoms with Gasteiger partial charge in [-0.3, -0.25) is 9.58 Å². The Hall–Kier alpha value is -0.870. The van der Waals surface area contributed by atoms with Crippen molar-refractivity contribution in [3.8, 4) is 0 Å². The largest absolute Gasteiger partial charge is 0.329 e. The van der Waals surface area contributed by atoms with Gasteiger partial charge in [-0.25, -0.2) is 0 Å². The summed E-state index contributed by atoms with van der Waals surface area (Å²) in [6, 6.07) is 0.356. The lowest BCUT2D eigenvalue weighted by Gasteiger charge is -2.42. The van der Waals surface area contributed by atoms with Crippen LogP contribution in [0.4, 0.5) is 0 Å². The molecule has 0 amide bonds. The molecule has 3 rings (SSSR count). The van der Waals surface area contributed by atoms with Gasteiger partial charge in [0.1, 0.15) is 0 Å². The molecule has 2 N–H and O–H groups in total. The number of nitrogens with zero attached hydrogens (tertiary/aromatic N) is 3. The number of nitrogens with two attached hydrogens (primary N) is 1. The van der Waals surface area contributed by atoms with Crippen LogP contribution in [0.5, 0.6) is 0 Å². The summed E-state index contributed by atoms with van der Waals surface area (Å²) in [6.45, 7) is 6.17. The van der Waals surface area contributed by atoms with Crippen LogP contribution in [-0.4, -0.2) is 34.3 Å². The first kappa shape index (κ1) is 14.1. The minimum atomic E-state index is 0.356. The van der Waals surface area contributed by atoms with Gasteiger partial charge in [0.2, 0.25) is 0 Å². The average molecular weight is 276 g/mol. The second-order valence-corrected chi connectivity index (χ2v) is 6.62. The SMILES string of the molecule is CCn1cc(C(CN)N2CCC3(CCCC3)CC2)cn1. The molecular weight excluding hydrogens is 248 g/mol. The Bertz CT molecular complexity index is 423. The minimum absolute atomic E-state index is 0.356. The topological polar surface area (TPSA) is 47.1 Å². The number of rotatable bonds is 4. The fourth-order valence-corrected chi connectivity index (χ4v) is 4.16. The highest BCUT2D eigenvalue weighted by Gasteiger charge is 2.38. The minimum Gasteiger partial charge on any atom is -0.329 e. The normalized spacial score (nSPS) is 24.3. The highest BCUT2D eigenvalue weighted by molar-refractivity contribution is 5.12. The lowest BCUT2D eigenvalue weighted by atomic mass is 9.76. The molecule has 1 aliphatic carbocycles. The molecule has 1 atom stereocenters. The van der Waals surface area contributed by atoms with E-state index in [1.54, 1.807) is 0 Å². The van der Waals surface area contributed by atoms with Crippen molar-refractivity contribution in [3.63, 3.8) is 0 Å². The molecule has 1 saturated carbocycles. The summed E-state index contributed by atoms with van der Waals surface area (Å²) in [5.41, 5.74) is 8.03. The van der Waals surface area contributed by atoms with Crippen molar-refractivity contribution in [2.45, 2.75) is 58.0 Å². The highest BCUT2D eigenvalue weighted by Crippen LogP contribution is 2.47. The van der Waals surface area contributed by atoms with Gasteiger partial charge in [0.05, 0.1) is 12.2 Å². The van der Waals surface area contributed by atoms with Gasteiger partial charge in [0.25, 0.3) is 0 Å². The van der Waals surface area contributed by atoms with E-state index in [4.69, 9.17) is 5.73 Å². The van der Waals surface area contributed by atoms with E-state index in [1.165, 1.54) is 57.2 Å². The van der Waals surface area contributed by atoms with Gasteiger partial charge >= 0.3 is 0 Å². The third-order valence-electron chi connectivity index (χ3n) is 5.55. The van der Waals surface area contributed by atoms with Crippen LogP contribution in [0, 0.1) is 5.41 Å². The smallest absolute Gasteiger partial charge is 0.0538 e. The Morgan fingerprint density at radius 1 is 1.25 bits per heavy atom. The van der Waals surface area contributed by atoms with Gasteiger partial charge in [0, 0.05) is 24.8 Å². The number of aryl methyl sites for hydroxylation is 1. The lowest BCUT2D eigenvalue weighted by molar-refractivity contribution is 0.0780. The third kappa shape index (κ3) is 2.63. The van der Waals surface area contributed by atoms with E-state index in [-0.39, 0.29) is 0 Å². The molecule has 1 spiro atoms. The summed E-state index contributed by atoms with van der Waals surface area (Å²) in [5, 5.41) is 4.40. The maximum absolute atomic E-state index is 6.05. The second-order valence-electron chi connectivity index (χ2n) is 6.62. The van der Waals surface area contributed by atoms with Gasteiger partial charge < -0.3 is 5.73 Å². The first-order valence-corrected chi connectivity index (χ1v) is 8.23. The molecular formula is C16H28N4. The van der Waals surface area contributed by atoms with Gasteiger partial charge in [-0.1, -0.05) is 12.8 Å². The number of hydrogen-bond donors (Lipinski definition) is 1. The summed E-state index contributed by atoms with van der Waals surface area (Å²) in [6.07, 6.45) is 12.7. The van der Waals surface area contributed by atoms with Crippen molar-refractivity contribution in [2.75, 3.05) is 19.6 Å². The van der Waals surface area contributed by atoms with Crippen molar-refractivity contribution in [3.05, 3.63) is 18.0 Å². The summed E-state index contributed by atoms with van der Waals surface area (Å²) in [7, 11) is 0. The van der Waals surface area contributed by atoms with Crippen molar-refractivity contribution in [1.29, 1.82) is 0 Å². The van der Waals surface area contributed by atoms with Crippen LogP contribution in [0.3, 0.4) is 0 Å². The number of piperidine rings is 1. The van der Waals surface area contributed by atoms with Gasteiger partial charge in [-0.15, -0.1) is 0 Å². The molecule has 20 heavy (non-hydrogen) atoms. The van der Waals surface area contributed by atoms with Crippen LogP contribution in [0.2, 0.25) is 0 Å². The Labute approximate surface area is 122 Å². The fraction of sp³-hybridized carbons (Fsp3) is 0.812. The van der Waals surface area contributed by atoms with Gasteiger partial charge in [-0.05, 0) is 51.1 Å². The van der Waals surface area contributed by atoms with Crippen molar-refractivity contribution >= 4 is 0 Å². The molecule has 0 bridgehead atoms. The van der Waals surface area contributed by atoms with E-state index in [0.29, 0.717) is 18.0 Å². The predicted octanol–water partition coefficient (Wildman–Crippen LogP) is 2.56. The van der Waals surface area contributed by atoms with Gasteiger partial charge in [0.15, 0.2) is 0 Å². The monoisotopic (exact) mass is 276 g/mol. The molecule has 1 unspecified atom stereocenters. The maximum atomic E-state index is 6.05. The molecule has 4 heteroatoms. The van der Waals surface area contributed by atoms with E-state index in [9.17, 15) is 0 Å². The van der Waals surface area contributed by atoms with Crippen LogP contribution in [0.25, 0.3) is 0 Å². The molecule has 2 aliphatic rings. The Balaban J connectivity index is 1.65. The quantitative estimate of drug-likeness (QED) is 0.919. The molecule has 1 aliphatic heterocycles. The Kier molecular flexibility index (Phi) is 4.13. The molecule has 1 aromatic heterocycles. The maximum Gasteiger partial charge on any atom is 0.0538 e. The van der Waals surface area contributed by atoms with Gasteiger partial charge in [-0.2, -0.15) is 5.10 Å². The molecule has 0 radical (unpaired) electrons. The number of aromatic nitrogens is 2. The zero-order valence-electron chi connectivity index (χ0n) is 12.7. The number of likely N-dealkylation sites (tertiary alicyclic amines) is 1. The van der Waals surface area contributed by atoms with Crippen molar-refractivity contribution < 1.29 is 0 Å². The van der Waals surface area contributed by atoms with Crippen LogP contribution in [0.15, 0.2) is 12.4 Å². The van der Waals surface area contributed by atoms with E-state index in [1.807, 2.05) is 10.9 Å². The zero-order valence-corrected chi connectivity index (χ0v) is 12.7. The fourth-order valence-electron chi connectivity index (χ4n) is 4.16. The average Bonchev–Trinajstić information content (AvgIpc) is 3.12. The molecule has 2 fully saturated rings. The van der Waals surface area contributed by atoms with Crippen molar-refractivity contribution in [1.82, 2.24) is 14.7 Å². The van der Waals surface area contributed by atoms with E-state index in [2.05, 4.69) is 23.1 Å². The summed E-state index contributed by atoms with van der Waals surface area (Å²) in [5.74, 6) is 0. The van der Waals surface area contributed by atoms with E-state index in [0.717, 1.165) is 6.54 Å². The zero-order chi connectivity index (χ0) is 14.0. The summed E-state index contributed by atoms with van der Waals surface area (Å²) < 4.78 is 2.00. The predicted molar refractivity (Wildman–Crippen MR) is 81.4 cm³/mol. The molecule has 112 valence electrons. The van der Waals surface area contributed by atoms with E-state index >= 15 is 0 Å². The third-order valence-corrected chi connectivity index (χ3v) is 5.55. The lowest BCUT2D eigenvalue weighted by Crippen LogP contribution is -2.43. The Morgan fingerprint density at radius 2 is 1.95 bits per heavy atom. The molecule has 0 aromatic carbocycles. The second kappa shape index (κ2) is 5.86. The van der Waals surface area contributed by atoms with E-state index < -0.39 is 0 Å².